The third-order valence-corrected chi connectivity index (χ3v) is 4.57. The molecular formula is C21H21F3N4O. The first kappa shape index (κ1) is 20.6. The van der Waals surface area contributed by atoms with Gasteiger partial charge in [0.1, 0.15) is 5.69 Å². The molecule has 0 aliphatic carbocycles. The molecule has 0 saturated carbocycles. The molecule has 5 nitrogen and oxygen atoms in total. The molecule has 0 spiro atoms. The van der Waals surface area contributed by atoms with Crippen molar-refractivity contribution in [2.24, 2.45) is 0 Å². The molecular weight excluding hydrogens is 381 g/mol. The second-order valence-electron chi connectivity index (χ2n) is 6.87. The summed E-state index contributed by atoms with van der Waals surface area (Å²) in [4.78, 5) is 14.2. The highest BCUT2D eigenvalue weighted by molar-refractivity contribution is 5.95. The van der Waals surface area contributed by atoms with Gasteiger partial charge in [-0.05, 0) is 36.6 Å². The van der Waals surface area contributed by atoms with Crippen LogP contribution in [0.1, 0.15) is 33.6 Å². The van der Waals surface area contributed by atoms with Crippen molar-refractivity contribution >= 4 is 5.91 Å². The number of halogens is 3. The lowest BCUT2D eigenvalue weighted by Crippen LogP contribution is -2.27. The summed E-state index contributed by atoms with van der Waals surface area (Å²) >= 11 is 0. The van der Waals surface area contributed by atoms with Crippen LogP contribution in [0.15, 0.2) is 54.7 Å². The molecule has 8 heteroatoms. The molecule has 152 valence electrons. The fourth-order valence-corrected chi connectivity index (χ4v) is 3.05. The van der Waals surface area contributed by atoms with Gasteiger partial charge in [0.05, 0.1) is 18.4 Å². The van der Waals surface area contributed by atoms with Gasteiger partial charge in [-0.3, -0.25) is 4.79 Å². The van der Waals surface area contributed by atoms with E-state index < -0.39 is 12.6 Å². The van der Waals surface area contributed by atoms with Crippen LogP contribution in [0.25, 0.3) is 5.69 Å². The fourth-order valence-electron chi connectivity index (χ4n) is 3.05. The van der Waals surface area contributed by atoms with E-state index in [9.17, 15) is 18.0 Å². The van der Waals surface area contributed by atoms with Crippen LogP contribution in [-0.2, 0) is 13.0 Å². The van der Waals surface area contributed by atoms with E-state index >= 15 is 0 Å². The zero-order valence-electron chi connectivity index (χ0n) is 16.1. The van der Waals surface area contributed by atoms with Gasteiger partial charge >= 0.3 is 6.18 Å². The number of hydrogen-bond acceptors (Lipinski definition) is 3. The molecule has 0 radical (unpaired) electrons. The Morgan fingerprint density at radius 2 is 1.79 bits per heavy atom. The molecule has 0 aliphatic rings. The van der Waals surface area contributed by atoms with E-state index in [1.807, 2.05) is 31.2 Å². The normalized spacial score (nSPS) is 11.5. The van der Waals surface area contributed by atoms with Crippen LogP contribution in [0.5, 0.6) is 0 Å². The number of para-hydroxylation sites is 1. The number of alkyl halides is 3. The molecule has 0 N–H and O–H groups in total. The number of hydrogen-bond donors (Lipinski definition) is 0. The smallest absolute Gasteiger partial charge is 0.336 e. The summed E-state index contributed by atoms with van der Waals surface area (Å²) in [6.45, 7) is 2.16. The van der Waals surface area contributed by atoms with E-state index in [0.29, 0.717) is 11.3 Å². The van der Waals surface area contributed by atoms with Gasteiger partial charge in [-0.2, -0.15) is 13.2 Å². The average molecular weight is 402 g/mol. The summed E-state index contributed by atoms with van der Waals surface area (Å²) < 4.78 is 39.4. The zero-order chi connectivity index (χ0) is 21.0. The number of carbonyl (C=O) groups is 1. The zero-order valence-corrected chi connectivity index (χ0v) is 16.1. The van der Waals surface area contributed by atoms with Crippen molar-refractivity contribution in [2.45, 2.75) is 32.5 Å². The van der Waals surface area contributed by atoms with Crippen LogP contribution in [0.4, 0.5) is 13.2 Å². The van der Waals surface area contributed by atoms with Crippen LogP contribution in [-0.4, -0.2) is 39.0 Å². The minimum atomic E-state index is -4.27. The van der Waals surface area contributed by atoms with Gasteiger partial charge in [0.2, 0.25) is 0 Å². The molecule has 2 aromatic carbocycles. The van der Waals surface area contributed by atoms with Crippen molar-refractivity contribution in [3.8, 4) is 5.69 Å². The summed E-state index contributed by atoms with van der Waals surface area (Å²) in [6, 6.07) is 14.1. The first-order valence-electron chi connectivity index (χ1n) is 9.12. The molecule has 1 heterocycles. The Balaban J connectivity index is 1.73. The first-order valence-corrected chi connectivity index (χ1v) is 9.12. The van der Waals surface area contributed by atoms with Gasteiger partial charge in [-0.1, -0.05) is 41.6 Å². The molecule has 0 bridgehead atoms. The van der Waals surface area contributed by atoms with Crippen molar-refractivity contribution in [3.05, 3.63) is 77.1 Å². The highest BCUT2D eigenvalue weighted by atomic mass is 19.4. The number of aryl methyl sites for hydroxylation is 2. The Hall–Kier alpha value is -3.16. The quantitative estimate of drug-likeness (QED) is 0.616. The fraction of sp³-hybridized carbons (Fsp3) is 0.286. The minimum Gasteiger partial charge on any atom is -0.336 e. The Morgan fingerprint density at radius 1 is 1.10 bits per heavy atom. The van der Waals surface area contributed by atoms with Gasteiger partial charge in [-0.15, -0.1) is 5.10 Å². The number of amides is 1. The summed E-state index contributed by atoms with van der Waals surface area (Å²) in [6.07, 6.45) is -3.73. The standard InChI is InChI=1S/C21H21F3N4O/c1-15-7-3-6-10-19(15)28-14-17(25-26-28)13-27(2)20(29)18-9-5-4-8-16(18)11-12-21(22,23)24/h3-10,14H,11-13H2,1-2H3. The predicted molar refractivity (Wildman–Crippen MR) is 103 cm³/mol. The molecule has 0 atom stereocenters. The van der Waals surface area contributed by atoms with Gasteiger partial charge in [-0.25, -0.2) is 4.68 Å². The van der Waals surface area contributed by atoms with Crippen molar-refractivity contribution < 1.29 is 18.0 Å². The molecule has 1 aromatic heterocycles. The summed E-state index contributed by atoms with van der Waals surface area (Å²) in [7, 11) is 1.59. The van der Waals surface area contributed by atoms with Gasteiger partial charge in [0.15, 0.2) is 0 Å². The third kappa shape index (κ3) is 5.22. The molecule has 1 amide bonds. The molecule has 3 aromatic rings. The maximum Gasteiger partial charge on any atom is 0.389 e. The van der Waals surface area contributed by atoms with Crippen molar-refractivity contribution in [1.82, 2.24) is 19.9 Å². The largest absolute Gasteiger partial charge is 0.389 e. The van der Waals surface area contributed by atoms with Crippen molar-refractivity contribution in [3.63, 3.8) is 0 Å². The highest BCUT2D eigenvalue weighted by Crippen LogP contribution is 2.24. The minimum absolute atomic E-state index is 0.193. The number of aromatic nitrogens is 3. The second-order valence-corrected chi connectivity index (χ2v) is 6.87. The molecule has 0 unspecified atom stereocenters. The van der Waals surface area contributed by atoms with E-state index in [-0.39, 0.29) is 24.4 Å². The summed E-state index contributed by atoms with van der Waals surface area (Å²) in [5.41, 5.74) is 3.15. The van der Waals surface area contributed by atoms with Gasteiger partial charge in [0, 0.05) is 19.0 Å². The Morgan fingerprint density at radius 3 is 2.52 bits per heavy atom. The average Bonchev–Trinajstić information content (AvgIpc) is 3.14. The maximum atomic E-state index is 12.8. The van der Waals surface area contributed by atoms with Gasteiger partial charge < -0.3 is 4.90 Å². The van der Waals surface area contributed by atoms with Crippen LogP contribution < -0.4 is 0 Å². The Labute approximate surface area is 166 Å². The van der Waals surface area contributed by atoms with E-state index in [1.165, 1.54) is 4.90 Å². The lowest BCUT2D eigenvalue weighted by molar-refractivity contribution is -0.134. The van der Waals surface area contributed by atoms with Crippen LogP contribution in [0, 0.1) is 6.92 Å². The molecule has 3 rings (SSSR count). The number of rotatable bonds is 6. The summed E-state index contributed by atoms with van der Waals surface area (Å²) in [5, 5.41) is 8.22. The SMILES string of the molecule is Cc1ccccc1-n1cc(CN(C)C(=O)c2ccccc2CCC(F)(F)F)nn1. The summed E-state index contributed by atoms with van der Waals surface area (Å²) in [5.74, 6) is -0.354. The van der Waals surface area contributed by atoms with Crippen LogP contribution in [0.3, 0.4) is 0 Å². The molecule has 0 fully saturated rings. The van der Waals surface area contributed by atoms with Crippen molar-refractivity contribution in [1.29, 1.82) is 0 Å². The number of benzene rings is 2. The Bertz CT molecular complexity index is 997. The lowest BCUT2D eigenvalue weighted by atomic mass is 10.0. The molecule has 29 heavy (non-hydrogen) atoms. The highest BCUT2D eigenvalue weighted by Gasteiger charge is 2.27. The third-order valence-electron chi connectivity index (χ3n) is 4.57. The van der Waals surface area contributed by atoms with Crippen molar-refractivity contribution in [2.75, 3.05) is 7.05 Å². The number of nitrogens with zero attached hydrogens (tertiary/aromatic N) is 4. The van der Waals surface area contributed by atoms with E-state index in [4.69, 9.17) is 0 Å². The van der Waals surface area contributed by atoms with Gasteiger partial charge in [0.25, 0.3) is 5.91 Å². The van der Waals surface area contributed by atoms with E-state index in [0.717, 1.165) is 11.3 Å². The predicted octanol–water partition coefficient (Wildman–Crippen LogP) is 4.34. The van der Waals surface area contributed by atoms with Crippen LogP contribution >= 0.6 is 0 Å². The second kappa shape index (κ2) is 8.46. The first-order chi connectivity index (χ1) is 13.7. The van der Waals surface area contributed by atoms with Crippen LogP contribution in [0.2, 0.25) is 0 Å². The maximum absolute atomic E-state index is 12.8. The lowest BCUT2D eigenvalue weighted by Gasteiger charge is -2.18. The van der Waals surface area contributed by atoms with E-state index in [2.05, 4.69) is 10.3 Å². The molecule has 0 saturated heterocycles. The topological polar surface area (TPSA) is 51.0 Å². The number of carbonyl (C=O) groups excluding carboxylic acids is 1. The molecule has 0 aliphatic heterocycles. The Kier molecular flexibility index (Phi) is 6.00. The van der Waals surface area contributed by atoms with E-state index in [1.54, 1.807) is 42.2 Å². The monoisotopic (exact) mass is 402 g/mol.